The summed E-state index contributed by atoms with van der Waals surface area (Å²) >= 11 is 0. The van der Waals surface area contributed by atoms with Crippen LogP contribution < -0.4 is 4.72 Å². The Morgan fingerprint density at radius 2 is 1.46 bits per heavy atom. The highest BCUT2D eigenvalue weighted by Crippen LogP contribution is 2.33. The van der Waals surface area contributed by atoms with Gasteiger partial charge in [0.2, 0.25) is 0 Å². The molecule has 0 aromatic heterocycles. The largest absolute Gasteiger partial charge is 0.278 e. The average Bonchev–Trinajstić information content (AvgIpc) is 2.62. The molecule has 3 rings (SSSR count). The summed E-state index contributed by atoms with van der Waals surface area (Å²) in [6, 6.07) is 12.9. The van der Waals surface area contributed by atoms with E-state index in [1.54, 1.807) is 24.3 Å². The number of anilines is 1. The third-order valence-corrected chi connectivity index (χ3v) is 7.33. The number of hydrogen-bond acceptors (Lipinski definition) is 4. The summed E-state index contributed by atoms with van der Waals surface area (Å²) in [4.78, 5) is 0.0859. The highest BCUT2D eigenvalue weighted by Gasteiger charge is 2.21. The maximum absolute atomic E-state index is 12.7. The fraction of sp³-hybridized carbons (Fsp3) is 0.368. The molecule has 0 unspecified atom stereocenters. The smallest absolute Gasteiger partial charge is 0.261 e. The molecule has 1 fully saturated rings. The van der Waals surface area contributed by atoms with Gasteiger partial charge in [0, 0.05) is 6.26 Å². The minimum Gasteiger partial charge on any atom is -0.278 e. The van der Waals surface area contributed by atoms with Crippen molar-refractivity contribution in [2.24, 2.45) is 0 Å². The first-order valence-electron chi connectivity index (χ1n) is 8.69. The second-order valence-electron chi connectivity index (χ2n) is 6.78. The van der Waals surface area contributed by atoms with Gasteiger partial charge in [0.05, 0.1) is 15.5 Å². The lowest BCUT2D eigenvalue weighted by Gasteiger charge is -2.22. The fourth-order valence-electron chi connectivity index (χ4n) is 3.43. The third-order valence-electron chi connectivity index (χ3n) is 4.80. The maximum Gasteiger partial charge on any atom is 0.261 e. The molecule has 2 aromatic rings. The van der Waals surface area contributed by atoms with E-state index in [-0.39, 0.29) is 15.5 Å². The standard InChI is InChI=1S/C19H23NO4S2/c1-25(21,22)19-10-6-5-9-18(19)20-26(23,24)17-13-11-16(12-14-17)15-7-3-2-4-8-15/h5-6,9-15,20H,2-4,7-8H2,1H3. The Labute approximate surface area is 155 Å². The van der Waals surface area contributed by atoms with E-state index in [4.69, 9.17) is 0 Å². The van der Waals surface area contributed by atoms with Crippen LogP contribution in [-0.2, 0) is 19.9 Å². The molecule has 1 aliphatic rings. The molecule has 0 saturated heterocycles. The zero-order valence-electron chi connectivity index (χ0n) is 14.7. The lowest BCUT2D eigenvalue weighted by molar-refractivity contribution is 0.443. The molecule has 0 radical (unpaired) electrons. The molecule has 26 heavy (non-hydrogen) atoms. The van der Waals surface area contributed by atoms with Crippen LogP contribution in [-0.4, -0.2) is 23.1 Å². The minimum atomic E-state index is -3.86. The summed E-state index contributed by atoms with van der Waals surface area (Å²) in [6.45, 7) is 0. The average molecular weight is 394 g/mol. The Kier molecular flexibility index (Phi) is 5.39. The van der Waals surface area contributed by atoms with Gasteiger partial charge in [-0.05, 0) is 48.6 Å². The van der Waals surface area contributed by atoms with Gasteiger partial charge in [-0.2, -0.15) is 0 Å². The Hall–Kier alpha value is -1.86. The topological polar surface area (TPSA) is 80.3 Å². The van der Waals surface area contributed by atoms with Crippen molar-refractivity contribution in [3.8, 4) is 0 Å². The van der Waals surface area contributed by atoms with Gasteiger partial charge in [0.1, 0.15) is 0 Å². The van der Waals surface area contributed by atoms with Crippen molar-refractivity contribution in [3.05, 3.63) is 54.1 Å². The first-order chi connectivity index (χ1) is 12.3. The third kappa shape index (κ3) is 4.27. The van der Waals surface area contributed by atoms with Crippen LogP contribution in [0, 0.1) is 0 Å². The minimum absolute atomic E-state index is 0.0394. The van der Waals surface area contributed by atoms with Gasteiger partial charge >= 0.3 is 0 Å². The van der Waals surface area contributed by atoms with E-state index in [1.807, 2.05) is 12.1 Å². The first kappa shape index (κ1) is 18.9. The quantitative estimate of drug-likeness (QED) is 0.834. The van der Waals surface area contributed by atoms with Crippen LogP contribution in [0.25, 0.3) is 0 Å². The summed E-state index contributed by atoms with van der Waals surface area (Å²) in [5, 5.41) is 0. The van der Waals surface area contributed by atoms with Gasteiger partial charge in [-0.15, -0.1) is 0 Å². The molecule has 0 bridgehead atoms. The molecule has 0 spiro atoms. The van der Waals surface area contributed by atoms with Crippen LogP contribution >= 0.6 is 0 Å². The summed E-state index contributed by atoms with van der Waals surface area (Å²) < 4.78 is 51.4. The van der Waals surface area contributed by atoms with E-state index in [9.17, 15) is 16.8 Å². The molecule has 2 aromatic carbocycles. The normalized spacial score (nSPS) is 16.3. The van der Waals surface area contributed by atoms with E-state index in [0.717, 1.165) is 19.1 Å². The number of hydrogen-bond donors (Lipinski definition) is 1. The summed E-state index contributed by atoms with van der Waals surface area (Å²) in [5.41, 5.74) is 1.23. The van der Waals surface area contributed by atoms with Crippen LogP contribution in [0.3, 0.4) is 0 Å². The molecule has 1 saturated carbocycles. The lowest BCUT2D eigenvalue weighted by Crippen LogP contribution is -2.15. The zero-order chi connectivity index (χ0) is 18.8. The highest BCUT2D eigenvalue weighted by atomic mass is 32.2. The van der Waals surface area contributed by atoms with Crippen molar-refractivity contribution in [2.45, 2.75) is 47.8 Å². The van der Waals surface area contributed by atoms with Crippen molar-refractivity contribution in [2.75, 3.05) is 11.0 Å². The second-order valence-corrected chi connectivity index (χ2v) is 10.4. The molecule has 0 amide bonds. The maximum atomic E-state index is 12.7. The molecule has 0 atom stereocenters. The zero-order valence-corrected chi connectivity index (χ0v) is 16.3. The Balaban J connectivity index is 1.85. The summed E-state index contributed by atoms with van der Waals surface area (Å²) in [7, 11) is -7.39. The molecule has 7 heteroatoms. The van der Waals surface area contributed by atoms with Crippen LogP contribution in [0.15, 0.2) is 58.3 Å². The summed E-state index contributed by atoms with van der Waals surface area (Å²) in [6.07, 6.45) is 7.05. The van der Waals surface area contributed by atoms with Gasteiger partial charge in [-0.1, -0.05) is 43.5 Å². The molecule has 5 nitrogen and oxygen atoms in total. The molecule has 140 valence electrons. The van der Waals surface area contributed by atoms with E-state index in [2.05, 4.69) is 4.72 Å². The van der Waals surface area contributed by atoms with E-state index < -0.39 is 19.9 Å². The van der Waals surface area contributed by atoms with Gasteiger partial charge < -0.3 is 0 Å². The number of nitrogens with one attached hydrogen (secondary N) is 1. The highest BCUT2D eigenvalue weighted by molar-refractivity contribution is 7.93. The van der Waals surface area contributed by atoms with Crippen molar-refractivity contribution >= 4 is 25.5 Å². The van der Waals surface area contributed by atoms with E-state index in [1.165, 1.54) is 37.0 Å². The number of rotatable bonds is 5. The first-order valence-corrected chi connectivity index (χ1v) is 12.1. The van der Waals surface area contributed by atoms with Crippen LogP contribution in [0.1, 0.15) is 43.6 Å². The summed E-state index contributed by atoms with van der Waals surface area (Å²) in [5.74, 6) is 0.499. The molecular formula is C19H23NO4S2. The van der Waals surface area contributed by atoms with Crippen LogP contribution in [0.4, 0.5) is 5.69 Å². The Bertz CT molecular complexity index is 974. The van der Waals surface area contributed by atoms with Crippen LogP contribution in [0.5, 0.6) is 0 Å². The van der Waals surface area contributed by atoms with Crippen molar-refractivity contribution in [1.82, 2.24) is 0 Å². The number of para-hydroxylation sites is 1. The fourth-order valence-corrected chi connectivity index (χ4v) is 5.42. The van der Waals surface area contributed by atoms with Gasteiger partial charge in [0.25, 0.3) is 10.0 Å². The number of sulfonamides is 1. The SMILES string of the molecule is CS(=O)(=O)c1ccccc1NS(=O)(=O)c1ccc(C2CCCCC2)cc1. The molecular weight excluding hydrogens is 370 g/mol. The van der Waals surface area contributed by atoms with Gasteiger partial charge in [-0.25, -0.2) is 16.8 Å². The number of sulfone groups is 1. The van der Waals surface area contributed by atoms with E-state index in [0.29, 0.717) is 5.92 Å². The van der Waals surface area contributed by atoms with Gasteiger partial charge in [0.15, 0.2) is 9.84 Å². The van der Waals surface area contributed by atoms with E-state index >= 15 is 0 Å². The molecule has 0 aliphatic heterocycles. The molecule has 1 aliphatic carbocycles. The van der Waals surface area contributed by atoms with Gasteiger partial charge in [-0.3, -0.25) is 4.72 Å². The number of benzene rings is 2. The second kappa shape index (κ2) is 7.40. The van der Waals surface area contributed by atoms with Crippen molar-refractivity contribution in [3.63, 3.8) is 0 Å². The monoisotopic (exact) mass is 393 g/mol. The predicted octanol–water partition coefficient (Wildman–Crippen LogP) is 3.94. The van der Waals surface area contributed by atoms with Crippen molar-refractivity contribution in [1.29, 1.82) is 0 Å². The Morgan fingerprint density at radius 3 is 2.08 bits per heavy atom. The van der Waals surface area contributed by atoms with Crippen molar-refractivity contribution < 1.29 is 16.8 Å². The molecule has 0 heterocycles. The Morgan fingerprint density at radius 1 is 0.846 bits per heavy atom. The molecule has 1 N–H and O–H groups in total. The predicted molar refractivity (Wildman–Crippen MR) is 103 cm³/mol. The lowest BCUT2D eigenvalue weighted by atomic mass is 9.84. The van der Waals surface area contributed by atoms with Crippen LogP contribution in [0.2, 0.25) is 0 Å².